The maximum Gasteiger partial charge on any atom is 0 e. The Labute approximate surface area is 379 Å². The molecule has 0 aromatic carbocycles. The number of thiol groups is 4. The molecular weight excluding hydrogens is 824 g/mol. The van der Waals surface area contributed by atoms with Gasteiger partial charge < -0.3 is 0 Å². The van der Waals surface area contributed by atoms with E-state index >= 15 is 0 Å². The summed E-state index contributed by atoms with van der Waals surface area (Å²) in [5.74, 6) is 4.26. The summed E-state index contributed by atoms with van der Waals surface area (Å²) >= 11 is 16.8. The van der Waals surface area contributed by atoms with Gasteiger partial charge in [0.05, 0.1) is 0 Å². The summed E-state index contributed by atoms with van der Waals surface area (Å²) in [6, 6.07) is 0. The Bertz CT molecular complexity index is 380. The Hall–Kier alpha value is 2.20. The van der Waals surface area contributed by atoms with Gasteiger partial charge in [-0.2, -0.15) is 50.5 Å². The molecule has 0 atom stereocenters. The SMILES string of the molecule is CCCCCCCCCCCCS.CCCCCCCCCCCCS.CCCCCCCCCCCCS.CCCCCCCCCCCCS.[Sn]. The van der Waals surface area contributed by atoms with Crippen LogP contribution in [0.15, 0.2) is 0 Å². The largest absolute Gasteiger partial charge is 0.179 e. The molecule has 0 amide bonds. The van der Waals surface area contributed by atoms with Crippen molar-refractivity contribution in [2.24, 2.45) is 0 Å². The van der Waals surface area contributed by atoms with Gasteiger partial charge in [0.2, 0.25) is 0 Å². The molecule has 53 heavy (non-hydrogen) atoms. The van der Waals surface area contributed by atoms with Crippen LogP contribution in [0.4, 0.5) is 0 Å². The van der Waals surface area contributed by atoms with Gasteiger partial charge in [-0.25, -0.2) is 0 Å². The van der Waals surface area contributed by atoms with Crippen molar-refractivity contribution in [1.82, 2.24) is 0 Å². The molecule has 0 aliphatic rings. The van der Waals surface area contributed by atoms with E-state index in [0.29, 0.717) is 0 Å². The van der Waals surface area contributed by atoms with E-state index in [1.54, 1.807) is 0 Å². The predicted octanol–water partition coefficient (Wildman–Crippen LogP) is 19.0. The van der Waals surface area contributed by atoms with Crippen molar-refractivity contribution in [3.05, 3.63) is 0 Å². The smallest absolute Gasteiger partial charge is 0 e. The number of unbranched alkanes of at least 4 members (excludes halogenated alkanes) is 36. The monoisotopic (exact) mass is 929 g/mol. The number of rotatable bonds is 40. The van der Waals surface area contributed by atoms with Crippen LogP contribution in [0.3, 0.4) is 0 Å². The molecule has 0 nitrogen and oxygen atoms in total. The molecule has 324 valence electrons. The first kappa shape index (κ1) is 64.3. The van der Waals surface area contributed by atoms with Gasteiger partial charge in [0.1, 0.15) is 0 Å². The summed E-state index contributed by atoms with van der Waals surface area (Å²) in [6.07, 6.45) is 56.7. The molecule has 0 spiro atoms. The molecule has 0 aromatic heterocycles. The Balaban J connectivity index is -0.000000192. The molecule has 0 aliphatic heterocycles. The van der Waals surface area contributed by atoms with Crippen LogP contribution < -0.4 is 0 Å². The van der Waals surface area contributed by atoms with E-state index in [0.717, 1.165) is 23.0 Å². The quantitative estimate of drug-likeness (QED) is 0.0263. The third kappa shape index (κ3) is 82.9. The maximum atomic E-state index is 4.20. The molecule has 0 saturated carbocycles. The molecule has 4 radical (unpaired) electrons. The van der Waals surface area contributed by atoms with Crippen molar-refractivity contribution >= 4 is 74.4 Å². The number of hydrogen-bond donors (Lipinski definition) is 4. The van der Waals surface area contributed by atoms with Gasteiger partial charge in [0, 0.05) is 23.9 Å². The molecular formula is C48H104S4Sn. The van der Waals surface area contributed by atoms with Crippen LogP contribution in [0.1, 0.15) is 285 Å². The second-order valence-corrected chi connectivity index (χ2v) is 17.4. The van der Waals surface area contributed by atoms with Gasteiger partial charge in [0.15, 0.2) is 0 Å². The summed E-state index contributed by atoms with van der Waals surface area (Å²) in [5.41, 5.74) is 0. The van der Waals surface area contributed by atoms with Crippen LogP contribution >= 0.6 is 50.5 Å². The molecule has 0 heterocycles. The summed E-state index contributed by atoms with van der Waals surface area (Å²) in [6.45, 7) is 9.10. The van der Waals surface area contributed by atoms with E-state index < -0.39 is 0 Å². The van der Waals surface area contributed by atoms with Gasteiger partial charge in [-0.1, -0.05) is 259 Å². The molecule has 5 heteroatoms. The van der Waals surface area contributed by atoms with Crippen LogP contribution in [-0.4, -0.2) is 46.9 Å². The maximum absolute atomic E-state index is 4.20. The second-order valence-electron chi connectivity index (χ2n) is 15.6. The Kier molecular flexibility index (Phi) is 87.3. The minimum Gasteiger partial charge on any atom is -0.179 e. The van der Waals surface area contributed by atoms with Crippen LogP contribution in [0, 0.1) is 0 Å². The molecule has 0 aliphatic carbocycles. The zero-order chi connectivity index (χ0) is 39.1. The van der Waals surface area contributed by atoms with E-state index in [-0.39, 0.29) is 23.9 Å². The van der Waals surface area contributed by atoms with Crippen molar-refractivity contribution in [1.29, 1.82) is 0 Å². The fraction of sp³-hybridized carbons (Fsp3) is 1.00. The second kappa shape index (κ2) is 71.9. The van der Waals surface area contributed by atoms with Crippen molar-refractivity contribution in [3.8, 4) is 0 Å². The summed E-state index contributed by atoms with van der Waals surface area (Å²) < 4.78 is 0. The molecule has 0 saturated heterocycles. The average molecular weight is 928 g/mol. The van der Waals surface area contributed by atoms with Crippen molar-refractivity contribution < 1.29 is 0 Å². The average Bonchev–Trinajstić information content (AvgIpc) is 3.16. The standard InChI is InChI=1S/4C12H26S.Sn/c4*1-2-3-4-5-6-7-8-9-10-11-12-13;/h4*13H,2-12H2,1H3;. The van der Waals surface area contributed by atoms with Gasteiger partial charge >= 0.3 is 0 Å². The Morgan fingerprint density at radius 3 is 0.358 bits per heavy atom. The van der Waals surface area contributed by atoms with E-state index in [1.165, 1.54) is 257 Å². The third-order valence-electron chi connectivity index (χ3n) is 10.0. The van der Waals surface area contributed by atoms with E-state index in [9.17, 15) is 0 Å². The topological polar surface area (TPSA) is 0 Å². The Morgan fingerprint density at radius 1 is 0.170 bits per heavy atom. The van der Waals surface area contributed by atoms with Crippen LogP contribution in [0.25, 0.3) is 0 Å². The first-order valence-electron chi connectivity index (χ1n) is 24.1. The first-order valence-corrected chi connectivity index (χ1v) is 26.6. The summed E-state index contributed by atoms with van der Waals surface area (Å²) in [4.78, 5) is 0. The van der Waals surface area contributed by atoms with E-state index in [4.69, 9.17) is 0 Å². The van der Waals surface area contributed by atoms with Gasteiger partial charge in [-0.3, -0.25) is 0 Å². The minimum absolute atomic E-state index is 0. The molecule has 0 aromatic rings. The predicted molar refractivity (Wildman–Crippen MR) is 269 cm³/mol. The molecule has 0 fully saturated rings. The minimum atomic E-state index is 0. The van der Waals surface area contributed by atoms with Gasteiger partial charge in [0.25, 0.3) is 0 Å². The van der Waals surface area contributed by atoms with E-state index in [1.807, 2.05) is 0 Å². The van der Waals surface area contributed by atoms with E-state index in [2.05, 4.69) is 78.2 Å². The zero-order valence-electron chi connectivity index (χ0n) is 37.4. The van der Waals surface area contributed by atoms with Crippen LogP contribution in [-0.2, 0) is 0 Å². The fourth-order valence-corrected chi connectivity index (χ4v) is 7.29. The number of hydrogen-bond acceptors (Lipinski definition) is 4. The first-order chi connectivity index (χ1) is 25.7. The molecule has 0 unspecified atom stereocenters. The molecule has 0 bridgehead atoms. The van der Waals surface area contributed by atoms with Gasteiger partial charge in [-0.15, -0.1) is 0 Å². The van der Waals surface area contributed by atoms with Gasteiger partial charge in [-0.05, 0) is 48.7 Å². The normalized spacial score (nSPS) is 10.4. The van der Waals surface area contributed by atoms with Crippen molar-refractivity contribution in [2.75, 3.05) is 23.0 Å². The zero-order valence-corrected chi connectivity index (χ0v) is 43.8. The van der Waals surface area contributed by atoms with Crippen LogP contribution in [0.2, 0.25) is 0 Å². The fourth-order valence-electron chi connectivity index (χ4n) is 6.40. The van der Waals surface area contributed by atoms with Crippen LogP contribution in [0.5, 0.6) is 0 Å². The molecule has 0 N–H and O–H groups in total. The van der Waals surface area contributed by atoms with Crippen molar-refractivity contribution in [2.45, 2.75) is 285 Å². The summed E-state index contributed by atoms with van der Waals surface area (Å²) in [7, 11) is 0. The van der Waals surface area contributed by atoms with Crippen molar-refractivity contribution in [3.63, 3.8) is 0 Å². The third-order valence-corrected chi connectivity index (χ3v) is 11.3. The molecule has 0 rings (SSSR count). The Morgan fingerprint density at radius 2 is 0.264 bits per heavy atom. The summed E-state index contributed by atoms with van der Waals surface area (Å²) in [5, 5.41) is 0.